The van der Waals surface area contributed by atoms with Crippen LogP contribution in [0.5, 0.6) is 0 Å². The zero-order valence-electron chi connectivity index (χ0n) is 8.68. The molecule has 0 unspecified atom stereocenters. The average Bonchev–Trinajstić information content (AvgIpc) is 2.38. The molecule has 1 aromatic carbocycles. The molecule has 0 aliphatic rings. The van der Waals surface area contributed by atoms with E-state index in [0.717, 1.165) is 5.56 Å². The van der Waals surface area contributed by atoms with Crippen molar-refractivity contribution in [2.75, 3.05) is 0 Å². The highest BCUT2D eigenvalue weighted by atomic mass is 16.1. The molecule has 79 valence electrons. The predicted octanol–water partition coefficient (Wildman–Crippen LogP) is 1.81. The second kappa shape index (κ2) is 5.07. The third kappa shape index (κ3) is 2.67. The first-order chi connectivity index (χ1) is 7.86. The van der Waals surface area contributed by atoms with Crippen molar-refractivity contribution < 1.29 is 4.79 Å². The van der Waals surface area contributed by atoms with E-state index in [0.29, 0.717) is 12.1 Å². The second-order valence-corrected chi connectivity index (χ2v) is 3.33. The van der Waals surface area contributed by atoms with E-state index in [1.165, 1.54) is 0 Å². The summed E-state index contributed by atoms with van der Waals surface area (Å²) in [7, 11) is 0. The van der Waals surface area contributed by atoms with Gasteiger partial charge < -0.3 is 5.32 Å². The van der Waals surface area contributed by atoms with Crippen LogP contribution < -0.4 is 5.32 Å². The van der Waals surface area contributed by atoms with Crippen LogP contribution >= 0.6 is 0 Å². The zero-order valence-corrected chi connectivity index (χ0v) is 8.68. The van der Waals surface area contributed by atoms with Crippen LogP contribution in [-0.4, -0.2) is 10.9 Å². The number of aromatic nitrogens is 1. The van der Waals surface area contributed by atoms with Crippen LogP contribution in [0.3, 0.4) is 0 Å². The Labute approximate surface area is 94.1 Å². The summed E-state index contributed by atoms with van der Waals surface area (Å²) in [5.74, 6) is -0.110. The molecule has 1 amide bonds. The number of rotatable bonds is 3. The molecule has 1 N–H and O–H groups in total. The van der Waals surface area contributed by atoms with Crippen molar-refractivity contribution in [3.8, 4) is 0 Å². The van der Waals surface area contributed by atoms with Crippen molar-refractivity contribution in [2.45, 2.75) is 6.54 Å². The number of carbonyl (C=O) groups is 1. The van der Waals surface area contributed by atoms with Gasteiger partial charge in [0.05, 0.1) is 5.56 Å². The molecule has 1 radical (unpaired) electrons. The Bertz CT molecular complexity index is 454. The minimum atomic E-state index is -0.110. The molecule has 1 heterocycles. The summed E-state index contributed by atoms with van der Waals surface area (Å²) in [6, 6.07) is 13.9. The highest BCUT2D eigenvalue weighted by Crippen LogP contribution is 1.99. The summed E-state index contributed by atoms with van der Waals surface area (Å²) in [6.07, 6.45) is 3.19. The molecule has 0 saturated heterocycles. The van der Waals surface area contributed by atoms with Gasteiger partial charge in [-0.3, -0.25) is 9.78 Å². The van der Waals surface area contributed by atoms with E-state index in [-0.39, 0.29) is 5.91 Å². The summed E-state index contributed by atoms with van der Waals surface area (Å²) < 4.78 is 0. The van der Waals surface area contributed by atoms with Gasteiger partial charge in [0, 0.05) is 18.9 Å². The summed E-state index contributed by atoms with van der Waals surface area (Å²) in [5, 5.41) is 2.82. The van der Waals surface area contributed by atoms with Gasteiger partial charge in [-0.05, 0) is 23.8 Å². The topological polar surface area (TPSA) is 42.0 Å². The largest absolute Gasteiger partial charge is 0.348 e. The molecule has 0 atom stereocenters. The van der Waals surface area contributed by atoms with Crippen LogP contribution in [-0.2, 0) is 6.54 Å². The number of nitrogens with one attached hydrogen (secondary N) is 1. The summed E-state index contributed by atoms with van der Waals surface area (Å²) in [6.45, 7) is 0.516. The van der Waals surface area contributed by atoms with Gasteiger partial charge in [0.1, 0.15) is 0 Å². The van der Waals surface area contributed by atoms with E-state index in [1.807, 2.05) is 24.3 Å². The van der Waals surface area contributed by atoms with Crippen LogP contribution in [0.4, 0.5) is 0 Å². The normalized spacial score (nSPS) is 9.75. The molecule has 0 fully saturated rings. The van der Waals surface area contributed by atoms with Crippen molar-refractivity contribution in [1.82, 2.24) is 10.3 Å². The van der Waals surface area contributed by atoms with Crippen LogP contribution in [0.1, 0.15) is 15.9 Å². The van der Waals surface area contributed by atoms with Gasteiger partial charge >= 0.3 is 0 Å². The van der Waals surface area contributed by atoms with Crippen molar-refractivity contribution >= 4 is 5.91 Å². The second-order valence-electron chi connectivity index (χ2n) is 3.33. The van der Waals surface area contributed by atoms with E-state index >= 15 is 0 Å². The lowest BCUT2D eigenvalue weighted by molar-refractivity contribution is 0.0950. The van der Waals surface area contributed by atoms with Gasteiger partial charge in [0.2, 0.25) is 0 Å². The number of carbonyl (C=O) groups excluding carboxylic acids is 1. The molecule has 2 aromatic rings. The minimum Gasteiger partial charge on any atom is -0.348 e. The maximum absolute atomic E-state index is 11.7. The number of amides is 1. The zero-order chi connectivity index (χ0) is 11.2. The first kappa shape index (κ1) is 10.4. The molecule has 0 aliphatic heterocycles. The van der Waals surface area contributed by atoms with Gasteiger partial charge in [0.15, 0.2) is 0 Å². The standard InChI is InChI=1S/C13H11N2O/c16-13(12-7-4-8-14-10-12)15-9-11-5-2-1-3-6-11/h2-8,10H,9H2,(H,15,16). The Morgan fingerprint density at radius 3 is 2.81 bits per heavy atom. The van der Waals surface area contributed by atoms with E-state index in [4.69, 9.17) is 0 Å². The maximum atomic E-state index is 11.7. The maximum Gasteiger partial charge on any atom is 0.253 e. The Hall–Kier alpha value is -2.16. The Morgan fingerprint density at radius 1 is 1.31 bits per heavy atom. The molecule has 3 heteroatoms. The fourth-order valence-corrected chi connectivity index (χ4v) is 1.32. The smallest absolute Gasteiger partial charge is 0.253 e. The Morgan fingerprint density at radius 2 is 2.12 bits per heavy atom. The number of hydrogen-bond donors (Lipinski definition) is 1. The van der Waals surface area contributed by atoms with Crippen LogP contribution in [0.25, 0.3) is 0 Å². The fourth-order valence-electron chi connectivity index (χ4n) is 1.32. The molecule has 2 rings (SSSR count). The van der Waals surface area contributed by atoms with Crippen LogP contribution in [0, 0.1) is 6.07 Å². The van der Waals surface area contributed by atoms with Gasteiger partial charge in [-0.25, -0.2) is 0 Å². The molecule has 0 bridgehead atoms. The van der Waals surface area contributed by atoms with Crippen molar-refractivity contribution in [1.29, 1.82) is 0 Å². The average molecular weight is 211 g/mol. The first-order valence-corrected chi connectivity index (χ1v) is 4.99. The third-order valence-electron chi connectivity index (χ3n) is 2.16. The molecule has 0 aliphatic carbocycles. The lowest BCUT2D eigenvalue weighted by Gasteiger charge is -2.04. The lowest BCUT2D eigenvalue weighted by atomic mass is 10.2. The number of hydrogen-bond acceptors (Lipinski definition) is 2. The van der Waals surface area contributed by atoms with Crippen LogP contribution in [0.15, 0.2) is 48.8 Å². The fraction of sp³-hybridized carbons (Fsp3) is 0.0769. The van der Waals surface area contributed by atoms with Gasteiger partial charge in [-0.15, -0.1) is 0 Å². The first-order valence-electron chi connectivity index (χ1n) is 4.99. The summed E-state index contributed by atoms with van der Waals surface area (Å²) in [5.41, 5.74) is 1.63. The highest BCUT2D eigenvalue weighted by Gasteiger charge is 2.03. The van der Waals surface area contributed by atoms with Crippen LogP contribution in [0.2, 0.25) is 0 Å². The molecule has 16 heavy (non-hydrogen) atoms. The molecule has 3 nitrogen and oxygen atoms in total. The number of benzene rings is 1. The number of pyridine rings is 1. The third-order valence-corrected chi connectivity index (χ3v) is 2.16. The molecular weight excluding hydrogens is 200 g/mol. The Balaban J connectivity index is 1.95. The summed E-state index contributed by atoms with van der Waals surface area (Å²) >= 11 is 0. The van der Waals surface area contributed by atoms with Crippen molar-refractivity contribution in [3.05, 3.63) is 66.0 Å². The van der Waals surface area contributed by atoms with Crippen molar-refractivity contribution in [2.24, 2.45) is 0 Å². The highest BCUT2D eigenvalue weighted by molar-refractivity contribution is 5.93. The Kier molecular flexibility index (Phi) is 3.28. The molecule has 1 aromatic heterocycles. The molecular formula is C13H11N2O. The van der Waals surface area contributed by atoms with E-state index in [9.17, 15) is 4.79 Å². The van der Waals surface area contributed by atoms with E-state index in [1.54, 1.807) is 24.5 Å². The molecule has 0 spiro atoms. The minimum absolute atomic E-state index is 0.110. The number of nitrogens with zero attached hydrogens (tertiary/aromatic N) is 1. The summed E-state index contributed by atoms with van der Waals surface area (Å²) in [4.78, 5) is 15.6. The lowest BCUT2D eigenvalue weighted by Crippen LogP contribution is -2.22. The van der Waals surface area contributed by atoms with E-state index < -0.39 is 0 Å². The molecule has 0 saturated carbocycles. The van der Waals surface area contributed by atoms with E-state index in [2.05, 4.69) is 16.4 Å². The predicted molar refractivity (Wildman–Crippen MR) is 60.7 cm³/mol. The monoisotopic (exact) mass is 211 g/mol. The van der Waals surface area contributed by atoms with Gasteiger partial charge in [-0.1, -0.05) is 24.3 Å². The van der Waals surface area contributed by atoms with Gasteiger partial charge in [-0.2, -0.15) is 0 Å². The van der Waals surface area contributed by atoms with Crippen molar-refractivity contribution in [3.63, 3.8) is 0 Å². The quantitative estimate of drug-likeness (QED) is 0.841. The SMILES string of the molecule is O=C(NCc1cc[c]cc1)c1cccnc1. The van der Waals surface area contributed by atoms with Gasteiger partial charge in [0.25, 0.3) is 5.91 Å².